The van der Waals surface area contributed by atoms with Crippen LogP contribution in [0.1, 0.15) is 24.0 Å². The van der Waals surface area contributed by atoms with E-state index in [9.17, 15) is 0 Å². The van der Waals surface area contributed by atoms with Gasteiger partial charge in [-0.3, -0.25) is 4.99 Å². The average Bonchev–Trinajstić information content (AvgIpc) is 2.34. The summed E-state index contributed by atoms with van der Waals surface area (Å²) in [6.07, 6.45) is 3.24. The maximum atomic E-state index is 4.73. The van der Waals surface area contributed by atoms with E-state index in [-0.39, 0.29) is 0 Å². The van der Waals surface area contributed by atoms with Gasteiger partial charge in [0.1, 0.15) is 0 Å². The Bertz CT molecular complexity index is 494. The third-order valence-corrected chi connectivity index (χ3v) is 5.07. The summed E-state index contributed by atoms with van der Waals surface area (Å²) in [5.41, 5.74) is 5.53. The van der Waals surface area contributed by atoms with E-state index in [4.69, 9.17) is 4.99 Å². The largest absolute Gasteiger partial charge is 0.289 e. The standard InChI is InChI=1S/C17H25NSi/c1-14(13-19(2,3)4)9-10-17-16-8-6-5-7-15(16)11-12-18-17/h5-8H,1,9-13H2,2-4H3. The maximum Gasteiger partial charge on any atom is 0.0483 e. The van der Waals surface area contributed by atoms with Crippen LogP contribution < -0.4 is 0 Å². The molecule has 0 unspecified atom stereocenters. The van der Waals surface area contributed by atoms with Gasteiger partial charge in [-0.05, 0) is 36.4 Å². The van der Waals surface area contributed by atoms with Crippen LogP contribution in [0.25, 0.3) is 0 Å². The van der Waals surface area contributed by atoms with E-state index < -0.39 is 8.07 Å². The van der Waals surface area contributed by atoms with Crippen molar-refractivity contribution in [2.75, 3.05) is 6.54 Å². The SMILES string of the molecule is C=C(CCC1=NCCc2ccccc21)C[Si](C)(C)C. The Balaban J connectivity index is 1.97. The molecule has 2 heteroatoms. The molecule has 19 heavy (non-hydrogen) atoms. The highest BCUT2D eigenvalue weighted by Gasteiger charge is 2.16. The van der Waals surface area contributed by atoms with Gasteiger partial charge in [0, 0.05) is 20.3 Å². The lowest BCUT2D eigenvalue weighted by Crippen LogP contribution is -2.20. The van der Waals surface area contributed by atoms with E-state index >= 15 is 0 Å². The lowest BCUT2D eigenvalue weighted by atomic mass is 9.94. The number of rotatable bonds is 5. The van der Waals surface area contributed by atoms with Crippen LogP contribution in [0.15, 0.2) is 41.4 Å². The number of fused-ring (bicyclic) bond motifs is 1. The molecule has 0 fully saturated rings. The summed E-state index contributed by atoms with van der Waals surface area (Å²) in [7, 11) is -1.02. The Morgan fingerprint density at radius 1 is 1.26 bits per heavy atom. The molecule has 0 N–H and O–H groups in total. The highest BCUT2D eigenvalue weighted by atomic mass is 28.3. The van der Waals surface area contributed by atoms with E-state index in [0.717, 1.165) is 25.8 Å². The Morgan fingerprint density at radius 2 is 2.00 bits per heavy atom. The van der Waals surface area contributed by atoms with Gasteiger partial charge < -0.3 is 0 Å². The first-order valence-electron chi connectivity index (χ1n) is 7.24. The second-order valence-electron chi connectivity index (χ2n) is 6.72. The van der Waals surface area contributed by atoms with Crippen molar-refractivity contribution in [2.24, 2.45) is 4.99 Å². The molecule has 0 saturated heterocycles. The van der Waals surface area contributed by atoms with Gasteiger partial charge in [-0.1, -0.05) is 49.5 Å². The summed E-state index contributed by atoms with van der Waals surface area (Å²) in [5, 5.41) is 0. The molecule has 0 amide bonds. The molecule has 1 aromatic carbocycles. The molecule has 2 rings (SSSR count). The van der Waals surface area contributed by atoms with Crippen LogP contribution in [0, 0.1) is 0 Å². The Morgan fingerprint density at radius 3 is 2.74 bits per heavy atom. The van der Waals surface area contributed by atoms with Crippen LogP contribution in [-0.4, -0.2) is 20.3 Å². The molecule has 0 aromatic heterocycles. The van der Waals surface area contributed by atoms with E-state index in [1.807, 2.05) is 0 Å². The summed E-state index contributed by atoms with van der Waals surface area (Å²) >= 11 is 0. The first kappa shape index (κ1) is 14.3. The fraction of sp³-hybridized carbons (Fsp3) is 0.471. The van der Waals surface area contributed by atoms with Crippen molar-refractivity contribution < 1.29 is 0 Å². The van der Waals surface area contributed by atoms with E-state index in [0.29, 0.717) is 0 Å². The second kappa shape index (κ2) is 5.87. The number of hydrogen-bond acceptors (Lipinski definition) is 1. The van der Waals surface area contributed by atoms with Crippen molar-refractivity contribution in [3.8, 4) is 0 Å². The smallest absolute Gasteiger partial charge is 0.0483 e. The molecular formula is C17H25NSi. The summed E-state index contributed by atoms with van der Waals surface area (Å²) in [6.45, 7) is 12.4. The third kappa shape index (κ3) is 4.17. The topological polar surface area (TPSA) is 12.4 Å². The number of allylic oxidation sites excluding steroid dienone is 1. The van der Waals surface area contributed by atoms with Gasteiger partial charge in [-0.2, -0.15) is 0 Å². The van der Waals surface area contributed by atoms with E-state index in [1.165, 1.54) is 28.5 Å². The van der Waals surface area contributed by atoms with Gasteiger partial charge in [0.2, 0.25) is 0 Å². The number of benzene rings is 1. The monoisotopic (exact) mass is 271 g/mol. The van der Waals surface area contributed by atoms with Gasteiger partial charge in [-0.25, -0.2) is 0 Å². The molecule has 0 bridgehead atoms. The zero-order valence-electron chi connectivity index (χ0n) is 12.5. The third-order valence-electron chi connectivity index (χ3n) is 3.51. The molecule has 1 heterocycles. The fourth-order valence-corrected chi connectivity index (χ4v) is 4.44. The minimum absolute atomic E-state index is 0.951. The van der Waals surface area contributed by atoms with E-state index in [2.05, 4.69) is 50.5 Å². The first-order valence-corrected chi connectivity index (χ1v) is 10.9. The van der Waals surface area contributed by atoms with E-state index in [1.54, 1.807) is 0 Å². The lowest BCUT2D eigenvalue weighted by molar-refractivity contribution is 0.910. The van der Waals surface area contributed by atoms with Crippen molar-refractivity contribution in [2.45, 2.75) is 44.9 Å². The predicted octanol–water partition coefficient (Wildman–Crippen LogP) is 4.71. The highest BCUT2D eigenvalue weighted by Crippen LogP contribution is 2.23. The molecular weight excluding hydrogens is 246 g/mol. The molecule has 1 aliphatic rings. The van der Waals surface area contributed by atoms with Gasteiger partial charge in [0.05, 0.1) is 0 Å². The number of hydrogen-bond donors (Lipinski definition) is 0. The van der Waals surface area contributed by atoms with Gasteiger partial charge in [0.25, 0.3) is 0 Å². The van der Waals surface area contributed by atoms with Crippen LogP contribution in [0.2, 0.25) is 25.7 Å². The summed E-state index contributed by atoms with van der Waals surface area (Å²) in [4.78, 5) is 4.73. The molecule has 0 atom stereocenters. The summed E-state index contributed by atoms with van der Waals surface area (Å²) < 4.78 is 0. The van der Waals surface area contributed by atoms with Gasteiger partial charge in [-0.15, -0.1) is 6.58 Å². The highest BCUT2D eigenvalue weighted by molar-refractivity contribution is 6.76. The quantitative estimate of drug-likeness (QED) is 0.543. The van der Waals surface area contributed by atoms with Gasteiger partial charge in [0.15, 0.2) is 0 Å². The van der Waals surface area contributed by atoms with Crippen LogP contribution in [0.5, 0.6) is 0 Å². The van der Waals surface area contributed by atoms with Crippen molar-refractivity contribution in [1.29, 1.82) is 0 Å². The fourth-order valence-electron chi connectivity index (χ4n) is 2.76. The summed E-state index contributed by atoms with van der Waals surface area (Å²) in [5.74, 6) is 0. The van der Waals surface area contributed by atoms with Gasteiger partial charge >= 0.3 is 0 Å². The molecule has 1 aliphatic heterocycles. The summed E-state index contributed by atoms with van der Waals surface area (Å²) in [6, 6.07) is 9.94. The Labute approximate surface area is 118 Å². The maximum absolute atomic E-state index is 4.73. The Hall–Kier alpha value is -1.15. The first-order chi connectivity index (χ1) is 8.96. The molecule has 102 valence electrons. The molecule has 0 saturated carbocycles. The molecule has 0 aliphatic carbocycles. The van der Waals surface area contributed by atoms with Crippen LogP contribution in [-0.2, 0) is 6.42 Å². The van der Waals surface area contributed by atoms with Crippen LogP contribution >= 0.6 is 0 Å². The zero-order valence-corrected chi connectivity index (χ0v) is 13.5. The molecule has 1 nitrogen and oxygen atoms in total. The zero-order chi connectivity index (χ0) is 13.9. The minimum Gasteiger partial charge on any atom is -0.289 e. The van der Waals surface area contributed by atoms with Crippen molar-refractivity contribution in [1.82, 2.24) is 0 Å². The molecule has 0 spiro atoms. The van der Waals surface area contributed by atoms with Crippen molar-refractivity contribution >= 4 is 13.8 Å². The van der Waals surface area contributed by atoms with Crippen molar-refractivity contribution in [3.63, 3.8) is 0 Å². The molecule has 1 aromatic rings. The molecule has 0 radical (unpaired) electrons. The predicted molar refractivity (Wildman–Crippen MR) is 88.1 cm³/mol. The van der Waals surface area contributed by atoms with Crippen LogP contribution in [0.3, 0.4) is 0 Å². The van der Waals surface area contributed by atoms with Crippen molar-refractivity contribution in [3.05, 3.63) is 47.5 Å². The second-order valence-corrected chi connectivity index (χ2v) is 12.2. The van der Waals surface area contributed by atoms with Crippen LogP contribution in [0.4, 0.5) is 0 Å². The average molecular weight is 271 g/mol. The normalized spacial score (nSPS) is 14.8. The Kier molecular flexibility index (Phi) is 4.41. The number of nitrogens with zero attached hydrogens (tertiary/aromatic N) is 1. The lowest BCUT2D eigenvalue weighted by Gasteiger charge is -2.20. The minimum atomic E-state index is -1.02. The number of aliphatic imine (C=N–C) groups is 1.